The Morgan fingerprint density at radius 2 is 1.33 bits per heavy atom. The molecule has 13 heteroatoms. The van der Waals surface area contributed by atoms with Crippen LogP contribution in [0.25, 0.3) is 0 Å². The third-order valence-corrected chi connectivity index (χ3v) is 7.55. The van der Waals surface area contributed by atoms with E-state index in [9.17, 15) is 24.3 Å². The summed E-state index contributed by atoms with van der Waals surface area (Å²) in [6.07, 6.45) is -0.802. The number of carbonyl (C=O) groups excluding carboxylic acids is 4. The van der Waals surface area contributed by atoms with Crippen molar-refractivity contribution in [1.82, 2.24) is 0 Å². The Hall–Kier alpha value is -4.30. The highest BCUT2D eigenvalue weighted by Gasteiger charge is 2.42. The minimum atomic E-state index is -1.44. The van der Waals surface area contributed by atoms with Crippen LogP contribution in [-0.4, -0.2) is 72.8 Å². The first-order chi connectivity index (χ1) is 22.4. The van der Waals surface area contributed by atoms with Gasteiger partial charge in [-0.25, -0.2) is 9.59 Å². The van der Waals surface area contributed by atoms with E-state index >= 15 is 0 Å². The summed E-state index contributed by atoms with van der Waals surface area (Å²) in [6.45, 7) is 11.9. The average Bonchev–Trinajstić information content (AvgIpc) is 3.04. The van der Waals surface area contributed by atoms with Gasteiger partial charge in [0.1, 0.15) is 37.1 Å². The van der Waals surface area contributed by atoms with Gasteiger partial charge in [0, 0.05) is 16.9 Å². The highest BCUT2D eigenvalue weighted by atomic mass is 16.6. The van der Waals surface area contributed by atoms with E-state index in [1.165, 1.54) is 6.92 Å². The zero-order chi connectivity index (χ0) is 36.1. The first-order valence-corrected chi connectivity index (χ1v) is 15.7. The van der Waals surface area contributed by atoms with Gasteiger partial charge in [0.2, 0.25) is 5.91 Å². The largest absolute Gasteiger partial charge is 0.462 e. The van der Waals surface area contributed by atoms with Gasteiger partial charge >= 0.3 is 18.0 Å². The first-order valence-electron chi connectivity index (χ1n) is 15.7. The van der Waals surface area contributed by atoms with Gasteiger partial charge in [-0.2, -0.15) is 0 Å². The third kappa shape index (κ3) is 13.1. The molecule has 0 heterocycles. The van der Waals surface area contributed by atoms with Crippen molar-refractivity contribution in [1.29, 1.82) is 0 Å². The summed E-state index contributed by atoms with van der Waals surface area (Å²) < 4.78 is 21.3. The molecule has 0 saturated heterocycles. The number of amides is 2. The normalized spacial score (nSPS) is 14.4. The smallest absolute Gasteiger partial charge is 0.411 e. The van der Waals surface area contributed by atoms with E-state index in [0.29, 0.717) is 24.2 Å². The maximum Gasteiger partial charge on any atom is 0.411 e. The highest BCUT2D eigenvalue weighted by Crippen LogP contribution is 2.27. The second kappa shape index (κ2) is 17.7. The summed E-state index contributed by atoms with van der Waals surface area (Å²) in [5.41, 5.74) is 11.8. The topological polar surface area (TPSA) is 202 Å². The van der Waals surface area contributed by atoms with E-state index in [-0.39, 0.29) is 24.5 Å². The molecule has 13 nitrogen and oxygen atoms in total. The average molecular weight is 671 g/mol. The molecule has 0 radical (unpaired) electrons. The van der Waals surface area contributed by atoms with Crippen LogP contribution in [0.5, 0.6) is 0 Å². The van der Waals surface area contributed by atoms with E-state index in [4.69, 9.17) is 30.4 Å². The number of aliphatic hydroxyl groups is 1. The van der Waals surface area contributed by atoms with E-state index in [1.54, 1.807) is 39.8 Å². The quantitative estimate of drug-likeness (QED) is 0.0664. The molecule has 0 aliphatic carbocycles. The summed E-state index contributed by atoms with van der Waals surface area (Å²) >= 11 is 0. The van der Waals surface area contributed by atoms with Crippen LogP contribution in [0, 0.1) is 5.41 Å². The van der Waals surface area contributed by atoms with Crippen LogP contribution in [0.3, 0.4) is 0 Å². The van der Waals surface area contributed by atoms with Crippen LogP contribution < -0.4 is 22.1 Å². The summed E-state index contributed by atoms with van der Waals surface area (Å²) in [7, 11) is 0. The van der Waals surface area contributed by atoms with Crippen molar-refractivity contribution in [3.05, 3.63) is 71.8 Å². The number of benzene rings is 2. The van der Waals surface area contributed by atoms with Crippen molar-refractivity contribution in [2.24, 2.45) is 16.9 Å². The predicted molar refractivity (Wildman–Crippen MR) is 182 cm³/mol. The molecular formula is C35H50N4O9. The summed E-state index contributed by atoms with van der Waals surface area (Å²) in [4.78, 5) is 49.9. The fourth-order valence-electron chi connectivity index (χ4n) is 3.94. The second-order valence-corrected chi connectivity index (χ2v) is 12.7. The van der Waals surface area contributed by atoms with Crippen LogP contribution in [0.2, 0.25) is 0 Å². The monoisotopic (exact) mass is 670 g/mol. The zero-order valence-electron chi connectivity index (χ0n) is 28.7. The van der Waals surface area contributed by atoms with Crippen molar-refractivity contribution in [2.45, 2.75) is 78.2 Å². The van der Waals surface area contributed by atoms with Crippen molar-refractivity contribution in [2.75, 3.05) is 37.1 Å². The van der Waals surface area contributed by atoms with Crippen LogP contribution >= 0.6 is 0 Å². The van der Waals surface area contributed by atoms with E-state index in [1.807, 2.05) is 43.3 Å². The maximum absolute atomic E-state index is 13.2. The van der Waals surface area contributed by atoms with Crippen LogP contribution in [0.1, 0.15) is 65.5 Å². The van der Waals surface area contributed by atoms with E-state index in [2.05, 4.69) is 17.2 Å². The fraction of sp³-hybridized carbons (Fsp3) is 0.486. The second-order valence-electron chi connectivity index (χ2n) is 12.7. The summed E-state index contributed by atoms with van der Waals surface area (Å²) in [5.74, 6) is -1.72. The molecule has 0 saturated carbocycles. The number of hydrogen-bond acceptors (Lipinski definition) is 11. The summed E-state index contributed by atoms with van der Waals surface area (Å²) in [6, 6.07) is 14.6. The Kier molecular flexibility index (Phi) is 14.7. The number of rotatable bonds is 18. The number of aliphatic hydroxyl groups excluding tert-OH is 1. The van der Waals surface area contributed by atoms with Gasteiger partial charge in [-0.1, -0.05) is 44.7 Å². The van der Waals surface area contributed by atoms with Gasteiger partial charge in [-0.15, -0.1) is 0 Å². The molecule has 2 aromatic rings. The number of nitrogens with two attached hydrogens (primary N) is 2. The third-order valence-electron chi connectivity index (χ3n) is 7.55. The number of anilines is 2. The lowest BCUT2D eigenvalue weighted by Crippen LogP contribution is -2.47. The van der Waals surface area contributed by atoms with Gasteiger partial charge in [-0.05, 0) is 82.3 Å². The van der Waals surface area contributed by atoms with E-state index in [0.717, 1.165) is 11.1 Å². The lowest BCUT2D eigenvalue weighted by Gasteiger charge is -2.33. The Morgan fingerprint density at radius 3 is 1.81 bits per heavy atom. The molecule has 2 aromatic carbocycles. The Labute approximate surface area is 282 Å². The molecule has 48 heavy (non-hydrogen) atoms. The zero-order valence-corrected chi connectivity index (χ0v) is 28.7. The van der Waals surface area contributed by atoms with Crippen molar-refractivity contribution < 1.29 is 43.2 Å². The lowest BCUT2D eigenvalue weighted by atomic mass is 9.87. The molecule has 0 aliphatic heterocycles. The molecule has 3 unspecified atom stereocenters. The molecular weight excluding hydrogens is 620 g/mol. The SMILES string of the molecule is C=C(C)C(=O)OCC(O)COC(=O)C(CC)(COC(=O)Nc1ccc(Cc2ccc(NC(=O)C(C)(N)CC)cc2)cc1)COC(C)(C)N. The van der Waals surface area contributed by atoms with Gasteiger partial charge in [-0.3, -0.25) is 14.9 Å². The molecule has 7 N–H and O–H groups in total. The number of hydrogen-bond donors (Lipinski definition) is 5. The molecule has 264 valence electrons. The number of ether oxygens (including phenoxy) is 4. The number of carbonyl (C=O) groups is 4. The molecule has 0 spiro atoms. The van der Waals surface area contributed by atoms with Crippen molar-refractivity contribution in [3.8, 4) is 0 Å². The number of nitrogens with one attached hydrogen (secondary N) is 2. The molecule has 0 aromatic heterocycles. The van der Waals surface area contributed by atoms with Gasteiger partial charge in [0.25, 0.3) is 0 Å². The first kappa shape index (κ1) is 39.9. The predicted octanol–water partition coefficient (Wildman–Crippen LogP) is 4.02. The number of esters is 2. The summed E-state index contributed by atoms with van der Waals surface area (Å²) in [5, 5.41) is 15.6. The Bertz CT molecular complexity index is 1400. The van der Waals surface area contributed by atoms with Crippen LogP contribution in [-0.2, 0) is 39.8 Å². The van der Waals surface area contributed by atoms with Crippen LogP contribution in [0.4, 0.5) is 16.2 Å². The fourth-order valence-corrected chi connectivity index (χ4v) is 3.94. The molecule has 2 amide bonds. The molecule has 0 aliphatic rings. The van der Waals surface area contributed by atoms with Crippen molar-refractivity contribution >= 4 is 35.3 Å². The highest BCUT2D eigenvalue weighted by molar-refractivity contribution is 5.97. The minimum absolute atomic E-state index is 0.156. The van der Waals surface area contributed by atoms with Crippen molar-refractivity contribution in [3.63, 3.8) is 0 Å². The standard InChI is InChI=1S/C35H50N4O9/c1-8-34(7,37)30(42)38-26-14-10-24(11-15-26)18-25-12-16-27(17-13-25)39-32(44)47-21-35(9-2,22-48-33(5,6)36)31(43)46-20-28(40)19-45-29(41)23(3)4/h10-17,28,40H,3,8-9,18-22,36-37H2,1-2,4-7H3,(H,38,42)(H,39,44). The van der Waals surface area contributed by atoms with Gasteiger partial charge in [0.05, 0.1) is 12.1 Å². The molecule has 0 bridgehead atoms. The minimum Gasteiger partial charge on any atom is -0.462 e. The van der Waals surface area contributed by atoms with Gasteiger partial charge < -0.3 is 40.8 Å². The lowest BCUT2D eigenvalue weighted by molar-refractivity contribution is -0.172. The molecule has 0 fully saturated rings. The Balaban J connectivity index is 1.98. The van der Waals surface area contributed by atoms with Gasteiger partial charge in [0.15, 0.2) is 0 Å². The van der Waals surface area contributed by atoms with E-state index < -0.39 is 60.6 Å². The van der Waals surface area contributed by atoms with Crippen LogP contribution in [0.15, 0.2) is 60.7 Å². The molecule has 3 atom stereocenters. The molecule has 2 rings (SSSR count). The Morgan fingerprint density at radius 1 is 0.812 bits per heavy atom. The maximum atomic E-state index is 13.2.